The van der Waals surface area contributed by atoms with E-state index >= 15 is 0 Å². The lowest BCUT2D eigenvalue weighted by Crippen LogP contribution is -2.33. The van der Waals surface area contributed by atoms with E-state index in [0.29, 0.717) is 10.9 Å². The molecule has 0 aromatic heterocycles. The van der Waals surface area contributed by atoms with Crippen molar-refractivity contribution in [3.05, 3.63) is 96.6 Å². The lowest BCUT2D eigenvalue weighted by molar-refractivity contribution is 0.412. The summed E-state index contributed by atoms with van der Waals surface area (Å²) in [6.45, 7) is 0. The zero-order valence-electron chi connectivity index (χ0n) is 15.0. The van der Waals surface area contributed by atoms with Gasteiger partial charge < -0.3 is 5.11 Å². The van der Waals surface area contributed by atoms with Crippen LogP contribution < -0.4 is 5.32 Å². The average molecular weight is 583 g/mol. The monoisotopic (exact) mass is 580 g/mol. The maximum Gasteiger partial charge on any atom is 0.137 e. The zero-order valence-corrected chi connectivity index (χ0v) is 19.8. The molecule has 4 rings (SSSR count). The third-order valence-electron chi connectivity index (χ3n) is 4.82. The van der Waals surface area contributed by atoms with Gasteiger partial charge >= 0.3 is 0 Å². The molecule has 1 aliphatic rings. The summed E-state index contributed by atoms with van der Waals surface area (Å²) in [6.07, 6.45) is 0.234. The Hall–Kier alpha value is -1.54. The predicted octanol–water partition coefficient (Wildman–Crippen LogP) is 7.04. The van der Waals surface area contributed by atoms with Crippen molar-refractivity contribution in [1.29, 1.82) is 0 Å². The molecule has 0 radical (unpaired) electrons. The van der Waals surface area contributed by atoms with Gasteiger partial charge in [-0.05, 0) is 69.5 Å². The molecule has 29 heavy (non-hydrogen) atoms. The Kier molecular flexibility index (Phi) is 6.20. The van der Waals surface area contributed by atoms with Gasteiger partial charge in [0.2, 0.25) is 0 Å². The molecule has 3 nitrogen and oxygen atoms in total. The number of halogens is 4. The number of nitrogens with zero attached hydrogens (tertiary/aromatic N) is 1. The number of benzene rings is 3. The summed E-state index contributed by atoms with van der Waals surface area (Å²) in [7, 11) is 0. The average Bonchev–Trinajstić information content (AvgIpc) is 2.71. The molecule has 0 fully saturated rings. The van der Waals surface area contributed by atoms with Crippen LogP contribution in [-0.2, 0) is 0 Å². The molecular formula is C22H16Br3FN2O. The van der Waals surface area contributed by atoms with Crippen LogP contribution in [0.2, 0.25) is 0 Å². The molecule has 1 heterocycles. The maximum absolute atomic E-state index is 13.7. The minimum Gasteiger partial charge on any atom is -0.508 e. The second-order valence-corrected chi connectivity index (χ2v) is 9.47. The van der Waals surface area contributed by atoms with Gasteiger partial charge in [0.05, 0.1) is 4.47 Å². The molecule has 3 aromatic carbocycles. The molecule has 0 aliphatic carbocycles. The van der Waals surface area contributed by atoms with Crippen molar-refractivity contribution in [2.45, 2.75) is 18.6 Å². The first-order valence-electron chi connectivity index (χ1n) is 8.93. The van der Waals surface area contributed by atoms with Crippen LogP contribution in [0.25, 0.3) is 0 Å². The van der Waals surface area contributed by atoms with E-state index in [1.165, 1.54) is 6.07 Å². The highest BCUT2D eigenvalue weighted by molar-refractivity contribution is 9.11. The minimum absolute atomic E-state index is 0.159. The summed E-state index contributed by atoms with van der Waals surface area (Å²) >= 11 is 10.3. The molecule has 0 saturated heterocycles. The number of aliphatic imine (C=N–C) groups is 1. The number of phenols is 1. The highest BCUT2D eigenvalue weighted by atomic mass is 79.9. The van der Waals surface area contributed by atoms with E-state index in [1.54, 1.807) is 24.3 Å². The standard InChI is InChI=1S/C22H16Br3FN2O/c23-14-3-1-2-12(8-14)19-11-20(16-10-15(24)5-7-21(16)29)28-22(27-19)13-4-6-18(26)17(25)9-13/h1-10,20,22,28-29H,11H2/t20-,22+/m1/s1. The molecule has 2 atom stereocenters. The van der Waals surface area contributed by atoms with Gasteiger partial charge in [-0.3, -0.25) is 10.3 Å². The van der Waals surface area contributed by atoms with Crippen molar-refractivity contribution in [2.24, 2.45) is 4.99 Å². The van der Waals surface area contributed by atoms with Gasteiger partial charge in [-0.25, -0.2) is 4.39 Å². The zero-order chi connectivity index (χ0) is 20.5. The van der Waals surface area contributed by atoms with Crippen LogP contribution in [0, 0.1) is 5.82 Å². The van der Waals surface area contributed by atoms with E-state index in [9.17, 15) is 9.50 Å². The van der Waals surface area contributed by atoms with Gasteiger partial charge in [-0.1, -0.05) is 50.1 Å². The van der Waals surface area contributed by atoms with Crippen LogP contribution in [0.1, 0.15) is 35.3 Å². The van der Waals surface area contributed by atoms with Crippen molar-refractivity contribution in [1.82, 2.24) is 5.32 Å². The van der Waals surface area contributed by atoms with Crippen molar-refractivity contribution in [3.63, 3.8) is 0 Å². The summed E-state index contributed by atoms with van der Waals surface area (Å²) in [5.74, 6) is -0.0952. The minimum atomic E-state index is -0.377. The molecule has 3 aromatic rings. The molecule has 0 spiro atoms. The predicted molar refractivity (Wildman–Crippen MR) is 124 cm³/mol. The van der Waals surface area contributed by atoms with Crippen molar-refractivity contribution in [3.8, 4) is 5.75 Å². The van der Waals surface area contributed by atoms with Crippen molar-refractivity contribution in [2.75, 3.05) is 0 Å². The normalized spacial score (nSPS) is 19.1. The molecule has 0 unspecified atom stereocenters. The molecule has 0 amide bonds. The summed E-state index contributed by atoms with van der Waals surface area (Å²) < 4.78 is 16.0. The molecule has 1 aliphatic heterocycles. The first kappa shape index (κ1) is 20.7. The Morgan fingerprint density at radius 3 is 2.52 bits per heavy atom. The topological polar surface area (TPSA) is 44.6 Å². The number of hydrogen-bond acceptors (Lipinski definition) is 3. The van der Waals surface area contributed by atoms with E-state index in [0.717, 1.165) is 31.3 Å². The van der Waals surface area contributed by atoms with Gasteiger partial charge in [0, 0.05) is 32.7 Å². The third-order valence-corrected chi connectivity index (χ3v) is 6.42. The highest BCUT2D eigenvalue weighted by Gasteiger charge is 2.28. The molecular weight excluding hydrogens is 567 g/mol. The molecule has 148 valence electrons. The Bertz CT molecular complexity index is 1100. The first-order chi connectivity index (χ1) is 13.9. The SMILES string of the molecule is Oc1ccc(Br)cc1[C@H]1CC(c2cccc(Br)c2)=N[C@H](c2ccc(F)c(Br)c2)N1. The summed E-state index contributed by atoms with van der Waals surface area (Å²) in [5, 5.41) is 14.0. The van der Waals surface area contributed by atoms with Crippen LogP contribution in [0.3, 0.4) is 0 Å². The van der Waals surface area contributed by atoms with Gasteiger partial charge in [0.15, 0.2) is 0 Å². The number of nitrogens with one attached hydrogen (secondary N) is 1. The first-order valence-corrected chi connectivity index (χ1v) is 11.3. The number of phenolic OH excluding ortho intramolecular Hbond substituents is 1. The fourth-order valence-electron chi connectivity index (χ4n) is 3.41. The number of hydrogen-bond donors (Lipinski definition) is 2. The van der Waals surface area contributed by atoms with Crippen molar-refractivity contribution < 1.29 is 9.50 Å². The van der Waals surface area contributed by atoms with E-state index in [1.807, 2.05) is 30.3 Å². The summed E-state index contributed by atoms with van der Waals surface area (Å²) in [5.41, 5.74) is 3.55. The largest absolute Gasteiger partial charge is 0.508 e. The molecule has 0 saturated carbocycles. The Morgan fingerprint density at radius 1 is 0.966 bits per heavy atom. The number of rotatable bonds is 3. The maximum atomic E-state index is 13.7. The van der Waals surface area contributed by atoms with Gasteiger partial charge in [-0.2, -0.15) is 0 Å². The smallest absolute Gasteiger partial charge is 0.137 e. The lowest BCUT2D eigenvalue weighted by atomic mass is 9.93. The lowest BCUT2D eigenvalue weighted by Gasteiger charge is -2.31. The third kappa shape index (κ3) is 4.63. The Balaban J connectivity index is 1.79. The van der Waals surface area contributed by atoms with Crippen LogP contribution in [-0.4, -0.2) is 10.8 Å². The van der Waals surface area contributed by atoms with Crippen molar-refractivity contribution >= 4 is 53.5 Å². The summed E-state index contributed by atoms with van der Waals surface area (Å²) in [6, 6.07) is 18.1. The van der Waals surface area contributed by atoms with E-state index < -0.39 is 0 Å². The molecule has 0 bridgehead atoms. The fourth-order valence-corrected chi connectivity index (χ4v) is 4.58. The van der Waals surface area contributed by atoms with Crippen LogP contribution in [0.5, 0.6) is 5.75 Å². The van der Waals surface area contributed by atoms with Gasteiger partial charge in [0.1, 0.15) is 17.7 Å². The second-order valence-electron chi connectivity index (χ2n) is 6.79. The quantitative estimate of drug-likeness (QED) is 0.348. The highest BCUT2D eigenvalue weighted by Crippen LogP contribution is 2.36. The molecule has 2 N–H and O–H groups in total. The van der Waals surface area contributed by atoms with Crippen LogP contribution in [0.4, 0.5) is 4.39 Å². The van der Waals surface area contributed by atoms with E-state index in [2.05, 4.69) is 53.1 Å². The number of aromatic hydroxyl groups is 1. The fraction of sp³-hybridized carbons (Fsp3) is 0.136. The van der Waals surface area contributed by atoms with Gasteiger partial charge in [-0.15, -0.1) is 0 Å². The van der Waals surface area contributed by atoms with E-state index in [4.69, 9.17) is 4.99 Å². The van der Waals surface area contributed by atoms with Crippen LogP contribution in [0.15, 0.2) is 79.1 Å². The Morgan fingerprint density at radius 2 is 1.76 bits per heavy atom. The van der Waals surface area contributed by atoms with Gasteiger partial charge in [0.25, 0.3) is 0 Å². The second kappa shape index (κ2) is 8.68. The van der Waals surface area contributed by atoms with E-state index in [-0.39, 0.29) is 23.8 Å². The molecule has 7 heteroatoms. The summed E-state index contributed by atoms with van der Waals surface area (Å²) in [4.78, 5) is 4.91. The Labute approximate surface area is 193 Å². The van der Waals surface area contributed by atoms with Crippen LogP contribution >= 0.6 is 47.8 Å².